The SMILES string of the molecule is CCC.CCOC(=O)N1CCC(CC2CCN(c3ccc4c(C5CCC(=O)NC5=O)nn(C(C)C)c4c3)CC2)CC1. The van der Waals surface area contributed by atoms with E-state index in [0.717, 1.165) is 61.5 Å². The number of likely N-dealkylation sites (tertiary alicyclic amines) is 1. The van der Waals surface area contributed by atoms with Crippen molar-refractivity contribution in [3.8, 4) is 0 Å². The van der Waals surface area contributed by atoms with Crippen molar-refractivity contribution in [3.63, 3.8) is 0 Å². The fourth-order valence-electron chi connectivity index (χ4n) is 6.42. The van der Waals surface area contributed by atoms with Gasteiger partial charge in [0.25, 0.3) is 0 Å². The topological polar surface area (TPSA) is 96.8 Å². The van der Waals surface area contributed by atoms with E-state index < -0.39 is 0 Å². The zero-order chi connectivity index (χ0) is 29.5. The van der Waals surface area contributed by atoms with Gasteiger partial charge in [0.05, 0.1) is 23.7 Å². The van der Waals surface area contributed by atoms with Crippen LogP contribution in [0.3, 0.4) is 0 Å². The van der Waals surface area contributed by atoms with Gasteiger partial charge in [0.15, 0.2) is 0 Å². The van der Waals surface area contributed by atoms with Crippen molar-refractivity contribution in [2.75, 3.05) is 37.7 Å². The lowest BCUT2D eigenvalue weighted by Gasteiger charge is -2.37. The summed E-state index contributed by atoms with van der Waals surface area (Å²) < 4.78 is 7.18. The molecular formula is C32H49N5O4. The summed E-state index contributed by atoms with van der Waals surface area (Å²) in [5.41, 5.74) is 3.03. The van der Waals surface area contributed by atoms with Crippen molar-refractivity contribution in [1.29, 1.82) is 0 Å². The van der Waals surface area contributed by atoms with Gasteiger partial charge in [0.2, 0.25) is 11.8 Å². The summed E-state index contributed by atoms with van der Waals surface area (Å²) in [6.45, 7) is 14.4. The molecule has 3 aliphatic rings. The van der Waals surface area contributed by atoms with Crippen LogP contribution in [0.5, 0.6) is 0 Å². The average molecular weight is 568 g/mol. The number of carbonyl (C=O) groups excluding carboxylic acids is 3. The number of carbonyl (C=O) groups is 3. The summed E-state index contributed by atoms with van der Waals surface area (Å²) in [6.07, 6.45) is 7.70. The standard InChI is InChI=1S/C29H41N5O4.C3H8/c1-4-38-29(37)33-15-11-21(12-16-33)17-20-9-13-32(14-10-20)22-5-6-23-25(18-22)34(19(2)3)31-27(23)24-7-8-26(35)30-28(24)36;1-3-2/h5-6,18-21,24H,4,7-17H2,1-3H3,(H,30,35,36);3H2,1-2H3. The molecule has 41 heavy (non-hydrogen) atoms. The van der Waals surface area contributed by atoms with Crippen LogP contribution in [0.25, 0.3) is 10.9 Å². The van der Waals surface area contributed by atoms with Crippen LogP contribution >= 0.6 is 0 Å². The Labute approximate surface area is 244 Å². The summed E-state index contributed by atoms with van der Waals surface area (Å²) in [6, 6.07) is 6.66. The van der Waals surface area contributed by atoms with Crippen molar-refractivity contribution >= 4 is 34.5 Å². The van der Waals surface area contributed by atoms with E-state index in [1.165, 1.54) is 31.4 Å². The van der Waals surface area contributed by atoms with E-state index in [0.29, 0.717) is 25.4 Å². The second kappa shape index (κ2) is 14.2. The van der Waals surface area contributed by atoms with Crippen LogP contribution in [0.1, 0.15) is 104 Å². The number of amides is 3. The zero-order valence-electron chi connectivity index (χ0n) is 25.7. The van der Waals surface area contributed by atoms with Crippen molar-refractivity contribution in [2.24, 2.45) is 11.8 Å². The molecule has 3 amide bonds. The third-order valence-corrected chi connectivity index (χ3v) is 8.56. The molecule has 3 saturated heterocycles. The molecule has 0 saturated carbocycles. The van der Waals surface area contributed by atoms with Gasteiger partial charge >= 0.3 is 6.09 Å². The molecule has 1 unspecified atom stereocenters. The third-order valence-electron chi connectivity index (χ3n) is 8.56. The van der Waals surface area contributed by atoms with E-state index in [-0.39, 0.29) is 29.9 Å². The largest absolute Gasteiger partial charge is 0.450 e. The average Bonchev–Trinajstić information content (AvgIpc) is 3.33. The minimum absolute atomic E-state index is 0.163. The number of anilines is 1. The molecule has 1 aromatic heterocycles. The first kappa shape index (κ1) is 30.8. The smallest absolute Gasteiger partial charge is 0.409 e. The molecule has 1 atom stereocenters. The number of rotatable bonds is 6. The molecule has 1 N–H and O–H groups in total. The van der Waals surface area contributed by atoms with Gasteiger partial charge in [-0.2, -0.15) is 5.10 Å². The summed E-state index contributed by atoms with van der Waals surface area (Å²) in [4.78, 5) is 40.5. The molecule has 9 nitrogen and oxygen atoms in total. The van der Waals surface area contributed by atoms with E-state index in [4.69, 9.17) is 9.84 Å². The normalized spacial score (nSPS) is 20.7. The Bertz CT molecular complexity index is 1190. The maximum absolute atomic E-state index is 12.6. The predicted molar refractivity (Wildman–Crippen MR) is 162 cm³/mol. The number of nitrogens with zero attached hydrogens (tertiary/aromatic N) is 4. The predicted octanol–water partition coefficient (Wildman–Crippen LogP) is 6.03. The van der Waals surface area contributed by atoms with Gasteiger partial charge in [-0.1, -0.05) is 20.3 Å². The number of benzene rings is 1. The molecule has 4 heterocycles. The quantitative estimate of drug-likeness (QED) is 0.428. The highest BCUT2D eigenvalue weighted by molar-refractivity contribution is 6.02. The molecule has 0 spiro atoms. The first-order valence-electron chi connectivity index (χ1n) is 15.8. The molecule has 5 rings (SSSR count). The maximum Gasteiger partial charge on any atom is 0.409 e. The van der Waals surface area contributed by atoms with Gasteiger partial charge in [0, 0.05) is 49.7 Å². The van der Waals surface area contributed by atoms with E-state index in [9.17, 15) is 14.4 Å². The summed E-state index contributed by atoms with van der Waals surface area (Å²) in [7, 11) is 0. The van der Waals surface area contributed by atoms with Gasteiger partial charge in [0.1, 0.15) is 0 Å². The van der Waals surface area contributed by atoms with Crippen LogP contribution in [0.15, 0.2) is 18.2 Å². The first-order chi connectivity index (χ1) is 19.7. The van der Waals surface area contributed by atoms with E-state index >= 15 is 0 Å². The summed E-state index contributed by atoms with van der Waals surface area (Å²) in [5, 5.41) is 8.35. The molecule has 1 aromatic carbocycles. The minimum Gasteiger partial charge on any atom is -0.450 e. The van der Waals surface area contributed by atoms with E-state index in [1.807, 2.05) is 16.5 Å². The van der Waals surface area contributed by atoms with Crippen LogP contribution < -0.4 is 10.2 Å². The van der Waals surface area contributed by atoms with Crippen LogP contribution in [0.2, 0.25) is 0 Å². The Kier molecular flexibility index (Phi) is 10.7. The van der Waals surface area contributed by atoms with Crippen molar-refractivity contribution in [2.45, 2.75) is 97.9 Å². The molecule has 0 bridgehead atoms. The minimum atomic E-state index is -0.388. The van der Waals surface area contributed by atoms with Gasteiger partial charge in [-0.15, -0.1) is 0 Å². The van der Waals surface area contributed by atoms with Gasteiger partial charge < -0.3 is 14.5 Å². The first-order valence-corrected chi connectivity index (χ1v) is 15.8. The van der Waals surface area contributed by atoms with Crippen molar-refractivity contribution in [1.82, 2.24) is 20.0 Å². The molecule has 0 radical (unpaired) electrons. The van der Waals surface area contributed by atoms with Crippen LogP contribution in [-0.4, -0.2) is 65.4 Å². The lowest BCUT2D eigenvalue weighted by atomic mass is 9.83. The van der Waals surface area contributed by atoms with E-state index in [2.05, 4.69) is 56.1 Å². The third kappa shape index (κ3) is 7.41. The molecular weight excluding hydrogens is 518 g/mol. The number of fused-ring (bicyclic) bond motifs is 1. The van der Waals surface area contributed by atoms with Gasteiger partial charge in [-0.05, 0) is 89.3 Å². The van der Waals surface area contributed by atoms with E-state index in [1.54, 1.807) is 0 Å². The lowest BCUT2D eigenvalue weighted by Crippen LogP contribution is -2.40. The Balaban J connectivity index is 0.00000124. The fourth-order valence-corrected chi connectivity index (χ4v) is 6.42. The summed E-state index contributed by atoms with van der Waals surface area (Å²) >= 11 is 0. The monoisotopic (exact) mass is 567 g/mol. The molecule has 0 aliphatic carbocycles. The number of nitrogens with one attached hydrogen (secondary N) is 1. The van der Waals surface area contributed by atoms with Crippen molar-refractivity contribution < 1.29 is 19.1 Å². The second-order valence-electron chi connectivity index (χ2n) is 12.1. The highest BCUT2D eigenvalue weighted by Gasteiger charge is 2.33. The molecule has 226 valence electrons. The number of piperidine rings is 3. The number of hydrogen-bond donors (Lipinski definition) is 1. The number of ether oxygens (including phenoxy) is 1. The number of aromatic nitrogens is 2. The lowest BCUT2D eigenvalue weighted by molar-refractivity contribution is -0.134. The Morgan fingerprint density at radius 2 is 1.63 bits per heavy atom. The number of hydrogen-bond acceptors (Lipinski definition) is 6. The molecule has 2 aromatic rings. The highest BCUT2D eigenvalue weighted by atomic mass is 16.6. The van der Waals surface area contributed by atoms with Crippen LogP contribution in [0.4, 0.5) is 10.5 Å². The molecule has 3 aliphatic heterocycles. The molecule has 9 heteroatoms. The highest BCUT2D eigenvalue weighted by Crippen LogP contribution is 2.36. The molecule has 3 fully saturated rings. The Morgan fingerprint density at radius 3 is 2.22 bits per heavy atom. The Hall–Kier alpha value is -3.10. The van der Waals surface area contributed by atoms with Crippen molar-refractivity contribution in [3.05, 3.63) is 23.9 Å². The van der Waals surface area contributed by atoms with Crippen LogP contribution in [0, 0.1) is 11.8 Å². The van der Waals surface area contributed by atoms with Crippen LogP contribution in [-0.2, 0) is 14.3 Å². The zero-order valence-corrected chi connectivity index (χ0v) is 25.7. The Morgan fingerprint density at radius 1 is 1.00 bits per heavy atom. The fraction of sp³-hybridized carbons (Fsp3) is 0.688. The summed E-state index contributed by atoms with van der Waals surface area (Å²) in [5.74, 6) is 0.594. The van der Waals surface area contributed by atoms with Gasteiger partial charge in [-0.3, -0.25) is 19.6 Å². The van der Waals surface area contributed by atoms with Gasteiger partial charge in [-0.25, -0.2) is 4.79 Å². The maximum atomic E-state index is 12.6. The number of imide groups is 1. The second-order valence-corrected chi connectivity index (χ2v) is 12.1.